The largest absolute Gasteiger partial charge is 0.348 e. The molecule has 0 bridgehead atoms. The molecular weight excluding hydrogens is 375 g/mol. The van der Waals surface area contributed by atoms with Crippen molar-refractivity contribution in [2.45, 2.75) is 13.1 Å². The normalized spacial score (nSPS) is 10.6. The van der Waals surface area contributed by atoms with Crippen LogP contribution in [0.2, 0.25) is 0 Å². The van der Waals surface area contributed by atoms with E-state index in [0.29, 0.717) is 17.6 Å². The number of benzene rings is 2. The van der Waals surface area contributed by atoms with E-state index in [1.54, 1.807) is 11.0 Å². The molecule has 3 aromatic rings. The second-order valence-electron chi connectivity index (χ2n) is 5.22. The van der Waals surface area contributed by atoms with Crippen molar-refractivity contribution in [1.29, 1.82) is 0 Å². The molecule has 1 aromatic heterocycles. The van der Waals surface area contributed by atoms with Gasteiger partial charge in [0.25, 0.3) is 5.91 Å². The maximum absolute atomic E-state index is 13.3. The van der Waals surface area contributed by atoms with Crippen molar-refractivity contribution in [3.05, 3.63) is 82.1 Å². The number of hydrogen-bond acceptors (Lipinski definition) is 3. The third-order valence-corrected chi connectivity index (χ3v) is 4.15. The predicted octanol–water partition coefficient (Wildman–Crippen LogP) is 3.16. The minimum absolute atomic E-state index is 0.276. The fraction of sp³-hybridized carbons (Fsp3) is 0.118. The van der Waals surface area contributed by atoms with Gasteiger partial charge >= 0.3 is 0 Å². The molecular formula is C17H14BrFN4O. The van der Waals surface area contributed by atoms with E-state index < -0.39 is 5.82 Å². The molecule has 1 heterocycles. The Morgan fingerprint density at radius 1 is 1.17 bits per heavy atom. The molecule has 0 atom stereocenters. The molecule has 2 aromatic carbocycles. The van der Waals surface area contributed by atoms with Gasteiger partial charge in [0.2, 0.25) is 0 Å². The van der Waals surface area contributed by atoms with Crippen molar-refractivity contribution in [2.75, 3.05) is 0 Å². The van der Waals surface area contributed by atoms with E-state index in [2.05, 4.69) is 31.3 Å². The van der Waals surface area contributed by atoms with Crippen molar-refractivity contribution >= 4 is 21.8 Å². The summed E-state index contributed by atoms with van der Waals surface area (Å²) >= 11 is 3.25. The second-order valence-corrected chi connectivity index (χ2v) is 6.07. The lowest BCUT2D eigenvalue weighted by Crippen LogP contribution is -2.23. The Morgan fingerprint density at radius 2 is 1.92 bits per heavy atom. The van der Waals surface area contributed by atoms with E-state index in [-0.39, 0.29) is 11.5 Å². The molecule has 5 nitrogen and oxygen atoms in total. The first kappa shape index (κ1) is 16.3. The number of carbonyl (C=O) groups excluding carboxylic acids is 1. The smallest absolute Gasteiger partial charge is 0.252 e. The van der Waals surface area contributed by atoms with Gasteiger partial charge in [0, 0.05) is 11.0 Å². The molecule has 1 amide bonds. The van der Waals surface area contributed by atoms with Gasteiger partial charge in [0.05, 0.1) is 12.1 Å². The molecule has 7 heteroatoms. The van der Waals surface area contributed by atoms with Crippen LogP contribution in [0.15, 0.2) is 59.6 Å². The molecule has 0 fully saturated rings. The number of amides is 1. The number of rotatable bonds is 5. The molecule has 122 valence electrons. The van der Waals surface area contributed by atoms with Crippen LogP contribution < -0.4 is 5.32 Å². The van der Waals surface area contributed by atoms with Crippen LogP contribution in [-0.2, 0) is 13.1 Å². The number of nitrogens with one attached hydrogen (secondary N) is 1. The van der Waals surface area contributed by atoms with Crippen LogP contribution in [0.3, 0.4) is 0 Å². The van der Waals surface area contributed by atoms with E-state index in [1.165, 1.54) is 24.5 Å². The first-order valence-electron chi connectivity index (χ1n) is 7.25. The minimum Gasteiger partial charge on any atom is -0.348 e. The summed E-state index contributed by atoms with van der Waals surface area (Å²) in [6.07, 6.45) is 3.15. The van der Waals surface area contributed by atoms with Crippen LogP contribution in [-0.4, -0.2) is 20.7 Å². The SMILES string of the molecule is O=C(NCc1ccc(Cn2cncn2)cc1)c1cc(F)ccc1Br. The van der Waals surface area contributed by atoms with Gasteiger partial charge in [0.15, 0.2) is 0 Å². The maximum atomic E-state index is 13.3. The molecule has 0 saturated heterocycles. The average molecular weight is 389 g/mol. The van der Waals surface area contributed by atoms with Crippen molar-refractivity contribution in [3.8, 4) is 0 Å². The Labute approximate surface area is 146 Å². The maximum Gasteiger partial charge on any atom is 0.252 e. The number of aromatic nitrogens is 3. The Balaban J connectivity index is 1.60. The number of nitrogens with zero attached hydrogens (tertiary/aromatic N) is 3. The molecule has 24 heavy (non-hydrogen) atoms. The summed E-state index contributed by atoms with van der Waals surface area (Å²) in [5, 5.41) is 6.84. The molecule has 0 spiro atoms. The molecule has 0 unspecified atom stereocenters. The van der Waals surface area contributed by atoms with Gasteiger partial charge in [-0.3, -0.25) is 4.79 Å². The monoisotopic (exact) mass is 388 g/mol. The Kier molecular flexibility index (Phi) is 5.00. The highest BCUT2D eigenvalue weighted by molar-refractivity contribution is 9.10. The highest BCUT2D eigenvalue weighted by Crippen LogP contribution is 2.17. The van der Waals surface area contributed by atoms with E-state index >= 15 is 0 Å². The van der Waals surface area contributed by atoms with Gasteiger partial charge in [-0.1, -0.05) is 24.3 Å². The lowest BCUT2D eigenvalue weighted by atomic mass is 10.1. The summed E-state index contributed by atoms with van der Waals surface area (Å²) in [7, 11) is 0. The van der Waals surface area contributed by atoms with Crippen LogP contribution in [0.4, 0.5) is 4.39 Å². The lowest BCUT2D eigenvalue weighted by molar-refractivity contribution is 0.0949. The molecule has 0 radical (unpaired) electrons. The first-order valence-corrected chi connectivity index (χ1v) is 8.04. The summed E-state index contributed by atoms with van der Waals surface area (Å²) in [5.41, 5.74) is 2.32. The van der Waals surface area contributed by atoms with Crippen LogP contribution in [0, 0.1) is 5.82 Å². The minimum atomic E-state index is -0.444. The molecule has 0 aliphatic carbocycles. The molecule has 0 saturated carbocycles. The van der Waals surface area contributed by atoms with Crippen molar-refractivity contribution in [3.63, 3.8) is 0 Å². The number of carbonyl (C=O) groups is 1. The van der Waals surface area contributed by atoms with Gasteiger partial charge in [-0.2, -0.15) is 5.10 Å². The van der Waals surface area contributed by atoms with Gasteiger partial charge in [-0.25, -0.2) is 14.1 Å². The summed E-state index contributed by atoms with van der Waals surface area (Å²) < 4.78 is 15.6. The van der Waals surface area contributed by atoms with E-state index in [9.17, 15) is 9.18 Å². The third-order valence-electron chi connectivity index (χ3n) is 3.46. The first-order chi connectivity index (χ1) is 11.6. The lowest BCUT2D eigenvalue weighted by Gasteiger charge is -2.08. The summed E-state index contributed by atoms with van der Waals surface area (Å²) in [4.78, 5) is 16.0. The zero-order valence-corrected chi connectivity index (χ0v) is 14.2. The topological polar surface area (TPSA) is 59.8 Å². The van der Waals surface area contributed by atoms with E-state index in [1.807, 2.05) is 24.3 Å². The van der Waals surface area contributed by atoms with Gasteiger partial charge in [-0.15, -0.1) is 0 Å². The quantitative estimate of drug-likeness (QED) is 0.730. The van der Waals surface area contributed by atoms with Gasteiger partial charge in [0.1, 0.15) is 18.5 Å². The second kappa shape index (κ2) is 7.35. The highest BCUT2D eigenvalue weighted by Gasteiger charge is 2.10. The predicted molar refractivity (Wildman–Crippen MR) is 90.8 cm³/mol. The van der Waals surface area contributed by atoms with Crippen LogP contribution in [0.1, 0.15) is 21.5 Å². The summed E-state index contributed by atoms with van der Waals surface area (Å²) in [6, 6.07) is 11.8. The van der Waals surface area contributed by atoms with Crippen LogP contribution >= 0.6 is 15.9 Å². The summed E-state index contributed by atoms with van der Waals surface area (Å²) in [5.74, 6) is -0.770. The van der Waals surface area contributed by atoms with Crippen LogP contribution in [0.25, 0.3) is 0 Å². The van der Waals surface area contributed by atoms with Crippen molar-refractivity contribution in [2.24, 2.45) is 0 Å². The zero-order valence-electron chi connectivity index (χ0n) is 12.6. The van der Waals surface area contributed by atoms with Gasteiger partial charge < -0.3 is 5.32 Å². The molecule has 0 aliphatic heterocycles. The van der Waals surface area contributed by atoms with Gasteiger partial charge in [-0.05, 0) is 45.3 Å². The van der Waals surface area contributed by atoms with E-state index in [4.69, 9.17) is 0 Å². The Bertz CT molecular complexity index is 834. The van der Waals surface area contributed by atoms with Crippen LogP contribution in [0.5, 0.6) is 0 Å². The van der Waals surface area contributed by atoms with E-state index in [0.717, 1.165) is 11.1 Å². The molecule has 0 aliphatic rings. The highest BCUT2D eigenvalue weighted by atomic mass is 79.9. The molecule has 1 N–H and O–H groups in total. The third kappa shape index (κ3) is 4.05. The van der Waals surface area contributed by atoms with Crippen molar-refractivity contribution < 1.29 is 9.18 Å². The summed E-state index contributed by atoms with van der Waals surface area (Å²) in [6.45, 7) is 1.01. The fourth-order valence-corrected chi connectivity index (χ4v) is 2.64. The standard InChI is InChI=1S/C17H14BrFN4O/c18-16-6-5-14(19)7-15(16)17(24)21-8-12-1-3-13(4-2-12)9-23-11-20-10-22-23/h1-7,10-11H,8-9H2,(H,21,24). The number of hydrogen-bond donors (Lipinski definition) is 1. The molecule has 3 rings (SSSR count). The van der Waals surface area contributed by atoms with Crippen molar-refractivity contribution in [1.82, 2.24) is 20.1 Å². The number of halogens is 2. The zero-order chi connectivity index (χ0) is 16.9. The Hall–Kier alpha value is -2.54. The average Bonchev–Trinajstić information content (AvgIpc) is 3.09. The Morgan fingerprint density at radius 3 is 2.62 bits per heavy atom. The fourth-order valence-electron chi connectivity index (χ4n) is 2.21.